The van der Waals surface area contributed by atoms with Crippen LogP contribution >= 0.6 is 22.9 Å². The van der Waals surface area contributed by atoms with Crippen LogP contribution in [0.5, 0.6) is 5.88 Å². The van der Waals surface area contributed by atoms with Crippen molar-refractivity contribution in [2.75, 3.05) is 0 Å². The van der Waals surface area contributed by atoms with Gasteiger partial charge in [-0.3, -0.25) is 0 Å². The lowest BCUT2D eigenvalue weighted by atomic mass is 10.2. The molecule has 22 heavy (non-hydrogen) atoms. The second-order valence-electron chi connectivity index (χ2n) is 4.83. The van der Waals surface area contributed by atoms with Crippen molar-refractivity contribution >= 4 is 44.7 Å². The van der Waals surface area contributed by atoms with Gasteiger partial charge in [0.2, 0.25) is 11.0 Å². The van der Waals surface area contributed by atoms with Gasteiger partial charge in [-0.15, -0.1) is 21.6 Å². The van der Waals surface area contributed by atoms with Crippen molar-refractivity contribution in [2.45, 2.75) is 26.3 Å². The molecule has 0 amide bonds. The van der Waals surface area contributed by atoms with E-state index >= 15 is 0 Å². The quantitative estimate of drug-likeness (QED) is 0.611. The minimum Gasteiger partial charge on any atom is -0.493 e. The molecule has 0 unspecified atom stereocenters. The Balaban J connectivity index is 2.14. The Morgan fingerprint density at radius 2 is 2.23 bits per heavy atom. The fourth-order valence-corrected chi connectivity index (χ4v) is 3.03. The summed E-state index contributed by atoms with van der Waals surface area (Å²) >= 11 is 7.69. The largest absolute Gasteiger partial charge is 0.493 e. The van der Waals surface area contributed by atoms with E-state index in [0.29, 0.717) is 22.4 Å². The van der Waals surface area contributed by atoms with E-state index in [2.05, 4.69) is 22.1 Å². The molecule has 3 rings (SSSR count). The molecule has 114 valence electrons. The standard InChI is InChI=1S/C15H15ClN4OS/c1-2-3-8-20-11-6-4-5-10(16)12(11)13(14(20)21)18-19-15-17-7-9-22-15/h4-7,9,21H,2-3,8H2,1H3. The number of aromatic nitrogens is 2. The number of benzene rings is 1. The van der Waals surface area contributed by atoms with Crippen molar-refractivity contribution in [1.29, 1.82) is 0 Å². The number of nitrogens with zero attached hydrogens (tertiary/aromatic N) is 4. The Morgan fingerprint density at radius 3 is 2.95 bits per heavy atom. The first-order valence-electron chi connectivity index (χ1n) is 7.03. The van der Waals surface area contributed by atoms with Gasteiger partial charge in [-0.2, -0.15) is 0 Å². The number of unbranched alkanes of at least 4 members (excludes halogenated alkanes) is 1. The van der Waals surface area contributed by atoms with Crippen molar-refractivity contribution in [2.24, 2.45) is 10.2 Å². The molecule has 7 heteroatoms. The van der Waals surface area contributed by atoms with Crippen LogP contribution in [0.15, 0.2) is 40.0 Å². The molecule has 0 aliphatic heterocycles. The highest BCUT2D eigenvalue weighted by molar-refractivity contribution is 7.13. The summed E-state index contributed by atoms with van der Waals surface area (Å²) in [4.78, 5) is 4.06. The topological polar surface area (TPSA) is 62.8 Å². The molecule has 0 spiro atoms. The van der Waals surface area contributed by atoms with Gasteiger partial charge in [-0.25, -0.2) is 4.98 Å². The summed E-state index contributed by atoms with van der Waals surface area (Å²) in [5.74, 6) is 0.0943. The minimum absolute atomic E-state index is 0.0943. The summed E-state index contributed by atoms with van der Waals surface area (Å²) in [6, 6.07) is 5.59. The Hall–Kier alpha value is -1.92. The molecule has 0 radical (unpaired) electrons. The van der Waals surface area contributed by atoms with Crippen molar-refractivity contribution in [3.63, 3.8) is 0 Å². The lowest BCUT2D eigenvalue weighted by molar-refractivity contribution is 0.418. The van der Waals surface area contributed by atoms with E-state index in [1.165, 1.54) is 11.3 Å². The van der Waals surface area contributed by atoms with Crippen LogP contribution < -0.4 is 0 Å². The van der Waals surface area contributed by atoms with Crippen LogP contribution in [-0.4, -0.2) is 14.7 Å². The molecule has 2 heterocycles. The maximum atomic E-state index is 10.5. The van der Waals surface area contributed by atoms with Crippen molar-refractivity contribution in [1.82, 2.24) is 9.55 Å². The van der Waals surface area contributed by atoms with E-state index in [9.17, 15) is 5.11 Å². The number of hydrogen-bond donors (Lipinski definition) is 1. The molecule has 0 aliphatic rings. The number of azo groups is 1. The monoisotopic (exact) mass is 334 g/mol. The van der Waals surface area contributed by atoms with Crippen molar-refractivity contribution < 1.29 is 5.11 Å². The molecule has 0 bridgehead atoms. The molecule has 0 atom stereocenters. The molecule has 0 fully saturated rings. The van der Waals surface area contributed by atoms with Gasteiger partial charge in [0.05, 0.1) is 15.9 Å². The summed E-state index contributed by atoms with van der Waals surface area (Å²) < 4.78 is 1.83. The molecule has 5 nitrogen and oxygen atoms in total. The van der Waals surface area contributed by atoms with Crippen LogP contribution in [0.25, 0.3) is 10.9 Å². The highest BCUT2D eigenvalue weighted by Crippen LogP contribution is 2.43. The SMILES string of the molecule is CCCCn1c(O)c(N=Nc2nccs2)c2c(Cl)cccc21. The van der Waals surface area contributed by atoms with E-state index in [-0.39, 0.29) is 5.88 Å². The molecule has 0 saturated heterocycles. The van der Waals surface area contributed by atoms with Crippen LogP contribution in [0, 0.1) is 0 Å². The number of aryl methyl sites for hydroxylation is 1. The van der Waals surface area contributed by atoms with Gasteiger partial charge in [-0.05, 0) is 18.6 Å². The van der Waals surface area contributed by atoms with Crippen molar-refractivity contribution in [3.05, 3.63) is 34.8 Å². The van der Waals surface area contributed by atoms with Crippen LogP contribution in [0.2, 0.25) is 5.02 Å². The van der Waals surface area contributed by atoms with E-state index in [4.69, 9.17) is 11.6 Å². The molecular formula is C15H15ClN4OS. The lowest BCUT2D eigenvalue weighted by Gasteiger charge is -2.05. The molecule has 1 aromatic carbocycles. The van der Waals surface area contributed by atoms with Gasteiger partial charge < -0.3 is 9.67 Å². The lowest BCUT2D eigenvalue weighted by Crippen LogP contribution is -1.96. The predicted octanol–water partition coefficient (Wildman–Crippen LogP) is 5.67. The number of thiazole rings is 1. The summed E-state index contributed by atoms with van der Waals surface area (Å²) in [7, 11) is 0. The van der Waals surface area contributed by atoms with E-state index < -0.39 is 0 Å². The highest BCUT2D eigenvalue weighted by atomic mass is 35.5. The highest BCUT2D eigenvalue weighted by Gasteiger charge is 2.18. The fourth-order valence-electron chi connectivity index (χ4n) is 2.32. The zero-order chi connectivity index (χ0) is 15.5. The minimum atomic E-state index is 0.0943. The van der Waals surface area contributed by atoms with Gasteiger partial charge in [0.1, 0.15) is 0 Å². The van der Waals surface area contributed by atoms with Crippen LogP contribution in [0.4, 0.5) is 10.8 Å². The molecule has 2 aromatic heterocycles. The number of fused-ring (bicyclic) bond motifs is 1. The van der Waals surface area contributed by atoms with Crippen LogP contribution in [-0.2, 0) is 6.54 Å². The zero-order valence-corrected chi connectivity index (χ0v) is 13.6. The third kappa shape index (κ3) is 2.71. The van der Waals surface area contributed by atoms with Crippen LogP contribution in [0.3, 0.4) is 0 Å². The first-order valence-corrected chi connectivity index (χ1v) is 8.29. The third-order valence-corrected chi connectivity index (χ3v) is 4.35. The van der Waals surface area contributed by atoms with E-state index in [1.807, 2.05) is 22.1 Å². The Bertz CT molecular complexity index is 811. The summed E-state index contributed by atoms with van der Waals surface area (Å²) in [6.45, 7) is 2.82. The van der Waals surface area contributed by atoms with Crippen molar-refractivity contribution in [3.8, 4) is 5.88 Å². The molecule has 0 saturated carbocycles. The van der Waals surface area contributed by atoms with Gasteiger partial charge in [0.15, 0.2) is 5.69 Å². The van der Waals surface area contributed by atoms with Crippen LogP contribution in [0.1, 0.15) is 19.8 Å². The zero-order valence-electron chi connectivity index (χ0n) is 12.0. The number of rotatable bonds is 5. The van der Waals surface area contributed by atoms with E-state index in [1.54, 1.807) is 12.3 Å². The maximum Gasteiger partial charge on any atom is 0.229 e. The molecule has 3 aromatic rings. The van der Waals surface area contributed by atoms with Gasteiger partial charge in [0.25, 0.3) is 0 Å². The normalized spacial score (nSPS) is 11.7. The second-order valence-corrected chi connectivity index (χ2v) is 6.11. The second kappa shape index (κ2) is 6.46. The molecule has 1 N–H and O–H groups in total. The summed E-state index contributed by atoms with van der Waals surface area (Å²) in [5.41, 5.74) is 1.26. The average molecular weight is 335 g/mol. The van der Waals surface area contributed by atoms with Gasteiger partial charge in [0, 0.05) is 18.1 Å². The molecule has 0 aliphatic carbocycles. The number of hydrogen-bond acceptors (Lipinski definition) is 5. The average Bonchev–Trinajstić information content (AvgIpc) is 3.11. The fraction of sp³-hybridized carbons (Fsp3) is 0.267. The first kappa shape index (κ1) is 15.0. The Labute approximate surface area is 136 Å². The van der Waals surface area contributed by atoms with Gasteiger partial charge in [-0.1, -0.05) is 31.0 Å². The summed E-state index contributed by atoms with van der Waals surface area (Å²) in [6.07, 6.45) is 3.67. The third-order valence-electron chi connectivity index (χ3n) is 3.38. The Morgan fingerprint density at radius 1 is 1.36 bits per heavy atom. The number of aromatic hydroxyl groups is 1. The maximum absolute atomic E-state index is 10.5. The van der Waals surface area contributed by atoms with Gasteiger partial charge >= 0.3 is 0 Å². The van der Waals surface area contributed by atoms with E-state index in [0.717, 1.165) is 23.7 Å². The summed E-state index contributed by atoms with van der Waals surface area (Å²) in [5, 5.41) is 22.4. The predicted molar refractivity (Wildman–Crippen MR) is 89.8 cm³/mol. The number of halogens is 1. The molecular weight excluding hydrogens is 320 g/mol. The Kier molecular flexibility index (Phi) is 4.40. The smallest absolute Gasteiger partial charge is 0.229 e. The first-order chi connectivity index (χ1) is 10.7.